The van der Waals surface area contributed by atoms with Crippen LogP contribution in [-0.4, -0.2) is 23.9 Å². The van der Waals surface area contributed by atoms with Crippen LogP contribution in [0.4, 0.5) is 5.69 Å². The first kappa shape index (κ1) is 10.2. The second-order valence-corrected chi connectivity index (χ2v) is 3.61. The lowest BCUT2D eigenvalue weighted by Gasteiger charge is -2.34. The van der Waals surface area contributed by atoms with E-state index in [0.717, 1.165) is 5.69 Å². The average Bonchev–Trinajstić information content (AvgIpc) is 2.31. The van der Waals surface area contributed by atoms with Crippen LogP contribution >= 0.6 is 0 Å². The molecular formula is C12H15NO2. The Morgan fingerprint density at radius 1 is 1.27 bits per heavy atom. The van der Waals surface area contributed by atoms with E-state index in [-0.39, 0.29) is 18.8 Å². The first-order valence-electron chi connectivity index (χ1n) is 5.11. The van der Waals surface area contributed by atoms with E-state index >= 15 is 0 Å². The van der Waals surface area contributed by atoms with E-state index in [4.69, 9.17) is 9.94 Å². The minimum absolute atomic E-state index is 0.00650. The number of para-hydroxylation sites is 1. The molecule has 3 heteroatoms. The predicted molar refractivity (Wildman–Crippen MR) is 59.5 cm³/mol. The van der Waals surface area contributed by atoms with Crippen LogP contribution in [0.3, 0.4) is 0 Å². The number of anilines is 1. The van der Waals surface area contributed by atoms with Gasteiger partial charge in [-0.25, -0.2) is 5.06 Å². The fourth-order valence-corrected chi connectivity index (χ4v) is 1.61. The Hall–Kier alpha value is -1.32. The van der Waals surface area contributed by atoms with Crippen molar-refractivity contribution in [3.63, 3.8) is 0 Å². The van der Waals surface area contributed by atoms with Gasteiger partial charge in [0.15, 0.2) is 0 Å². The second-order valence-electron chi connectivity index (χ2n) is 3.61. The number of aliphatic hydroxyl groups excluding tert-OH is 1. The van der Waals surface area contributed by atoms with Gasteiger partial charge in [-0.3, -0.25) is 4.84 Å². The summed E-state index contributed by atoms with van der Waals surface area (Å²) in [5, 5.41) is 10.9. The van der Waals surface area contributed by atoms with Gasteiger partial charge in [0, 0.05) is 0 Å². The number of nitrogens with zero attached hydrogens (tertiary/aromatic N) is 1. The molecule has 1 aliphatic heterocycles. The molecule has 0 aromatic heterocycles. The van der Waals surface area contributed by atoms with Gasteiger partial charge in [0.1, 0.15) is 6.10 Å². The molecule has 0 amide bonds. The predicted octanol–water partition coefficient (Wildman–Crippen LogP) is 1.74. The molecule has 0 saturated carbocycles. The highest BCUT2D eigenvalue weighted by Crippen LogP contribution is 2.22. The molecule has 1 aromatic rings. The zero-order valence-corrected chi connectivity index (χ0v) is 8.71. The quantitative estimate of drug-likeness (QED) is 0.746. The molecule has 80 valence electrons. The Balaban J connectivity index is 2.19. The molecule has 1 heterocycles. The molecule has 3 nitrogen and oxygen atoms in total. The first-order valence-corrected chi connectivity index (χ1v) is 5.11. The van der Waals surface area contributed by atoms with Crippen molar-refractivity contribution in [3.05, 3.63) is 42.5 Å². The third-order valence-electron chi connectivity index (χ3n) is 2.41. The van der Waals surface area contributed by atoms with Gasteiger partial charge >= 0.3 is 0 Å². The number of aliphatic hydroxyl groups is 1. The van der Waals surface area contributed by atoms with Crippen molar-refractivity contribution in [3.8, 4) is 0 Å². The minimum atomic E-state index is -0.235. The van der Waals surface area contributed by atoms with Crippen molar-refractivity contribution in [2.45, 2.75) is 19.1 Å². The number of rotatable bonds is 2. The molecule has 0 unspecified atom stereocenters. The molecule has 0 bridgehead atoms. The van der Waals surface area contributed by atoms with Gasteiger partial charge in [0.05, 0.1) is 18.3 Å². The lowest BCUT2D eigenvalue weighted by atomic mass is 10.2. The van der Waals surface area contributed by atoms with Gasteiger partial charge in [-0.2, -0.15) is 0 Å². The molecule has 0 saturated heterocycles. The molecular weight excluding hydrogens is 190 g/mol. The van der Waals surface area contributed by atoms with E-state index in [0.29, 0.717) is 0 Å². The largest absolute Gasteiger partial charge is 0.393 e. The normalized spacial score (nSPS) is 25.6. The van der Waals surface area contributed by atoms with Crippen molar-refractivity contribution in [1.29, 1.82) is 0 Å². The molecule has 15 heavy (non-hydrogen) atoms. The van der Waals surface area contributed by atoms with Crippen LogP contribution < -0.4 is 5.06 Å². The molecule has 0 fully saturated rings. The lowest BCUT2D eigenvalue weighted by Crippen LogP contribution is -2.40. The Morgan fingerprint density at radius 2 is 2.00 bits per heavy atom. The summed E-state index contributed by atoms with van der Waals surface area (Å²) < 4.78 is 0. The zero-order valence-electron chi connectivity index (χ0n) is 8.71. The van der Waals surface area contributed by atoms with Gasteiger partial charge in [-0.05, 0) is 19.1 Å². The molecule has 0 radical (unpaired) electrons. The van der Waals surface area contributed by atoms with Gasteiger partial charge in [0.25, 0.3) is 0 Å². The number of benzene rings is 1. The third-order valence-corrected chi connectivity index (χ3v) is 2.41. The summed E-state index contributed by atoms with van der Waals surface area (Å²) in [4.78, 5) is 5.63. The summed E-state index contributed by atoms with van der Waals surface area (Å²) >= 11 is 0. The summed E-state index contributed by atoms with van der Waals surface area (Å²) in [5.41, 5.74) is 1.01. The SMILES string of the molecule is C[C@@H]1C=C[C@H](CO)ON1c1ccccc1. The highest BCUT2D eigenvalue weighted by Gasteiger charge is 2.21. The number of hydrogen-bond acceptors (Lipinski definition) is 3. The summed E-state index contributed by atoms with van der Waals surface area (Å²) in [7, 11) is 0. The highest BCUT2D eigenvalue weighted by atomic mass is 16.7. The van der Waals surface area contributed by atoms with E-state index in [1.165, 1.54) is 0 Å². The fourth-order valence-electron chi connectivity index (χ4n) is 1.61. The fraction of sp³-hybridized carbons (Fsp3) is 0.333. The van der Waals surface area contributed by atoms with Crippen LogP contribution in [-0.2, 0) is 4.84 Å². The van der Waals surface area contributed by atoms with Crippen LogP contribution in [0.2, 0.25) is 0 Å². The zero-order chi connectivity index (χ0) is 10.7. The second kappa shape index (κ2) is 4.47. The van der Waals surface area contributed by atoms with Crippen LogP contribution in [0, 0.1) is 0 Å². The molecule has 0 spiro atoms. The van der Waals surface area contributed by atoms with Crippen molar-refractivity contribution >= 4 is 5.69 Å². The summed E-state index contributed by atoms with van der Waals surface area (Å²) in [6, 6.07) is 10.1. The maximum absolute atomic E-state index is 9.04. The molecule has 2 rings (SSSR count). The molecule has 1 N–H and O–H groups in total. The molecule has 2 atom stereocenters. The van der Waals surface area contributed by atoms with E-state index < -0.39 is 0 Å². The summed E-state index contributed by atoms with van der Waals surface area (Å²) in [6.45, 7) is 2.06. The Labute approximate surface area is 89.5 Å². The smallest absolute Gasteiger partial charge is 0.127 e. The average molecular weight is 205 g/mol. The molecule has 1 aliphatic rings. The highest BCUT2D eigenvalue weighted by molar-refractivity contribution is 5.45. The van der Waals surface area contributed by atoms with Gasteiger partial charge < -0.3 is 5.11 Å². The number of hydrogen-bond donors (Lipinski definition) is 1. The monoisotopic (exact) mass is 205 g/mol. The van der Waals surface area contributed by atoms with Crippen molar-refractivity contribution in [2.24, 2.45) is 0 Å². The van der Waals surface area contributed by atoms with Crippen molar-refractivity contribution in [2.75, 3.05) is 11.7 Å². The maximum atomic E-state index is 9.04. The van der Waals surface area contributed by atoms with Crippen LogP contribution in [0.1, 0.15) is 6.92 Å². The minimum Gasteiger partial charge on any atom is -0.393 e. The van der Waals surface area contributed by atoms with Crippen LogP contribution in [0.15, 0.2) is 42.5 Å². The molecule has 1 aromatic carbocycles. The van der Waals surface area contributed by atoms with Gasteiger partial charge in [-0.1, -0.05) is 30.4 Å². The van der Waals surface area contributed by atoms with Crippen molar-refractivity contribution in [1.82, 2.24) is 0 Å². The Morgan fingerprint density at radius 3 is 2.67 bits per heavy atom. The van der Waals surface area contributed by atoms with Crippen LogP contribution in [0.25, 0.3) is 0 Å². The Bertz CT molecular complexity index is 337. The maximum Gasteiger partial charge on any atom is 0.127 e. The van der Waals surface area contributed by atoms with E-state index in [2.05, 4.69) is 6.92 Å². The molecule has 0 aliphatic carbocycles. The van der Waals surface area contributed by atoms with E-state index in [1.807, 2.05) is 47.5 Å². The van der Waals surface area contributed by atoms with Crippen LogP contribution in [0.5, 0.6) is 0 Å². The topological polar surface area (TPSA) is 32.7 Å². The number of hydroxylamine groups is 1. The third kappa shape index (κ3) is 2.19. The standard InChI is InChI=1S/C12H15NO2/c1-10-7-8-12(9-14)15-13(10)11-5-3-2-4-6-11/h2-8,10,12,14H,9H2,1H3/t10-,12-/m1/s1. The first-order chi connectivity index (χ1) is 7.31. The van der Waals surface area contributed by atoms with Gasteiger partial charge in [0.2, 0.25) is 0 Å². The van der Waals surface area contributed by atoms with E-state index in [9.17, 15) is 0 Å². The Kier molecular flexibility index (Phi) is 3.04. The van der Waals surface area contributed by atoms with Gasteiger partial charge in [-0.15, -0.1) is 0 Å². The van der Waals surface area contributed by atoms with Crippen molar-refractivity contribution < 1.29 is 9.94 Å². The summed E-state index contributed by atoms with van der Waals surface area (Å²) in [6.07, 6.45) is 3.70. The lowest BCUT2D eigenvalue weighted by molar-refractivity contribution is 0.0108. The summed E-state index contributed by atoms with van der Waals surface area (Å²) in [5.74, 6) is 0. The van der Waals surface area contributed by atoms with E-state index in [1.54, 1.807) is 0 Å².